The maximum atomic E-state index is 13.3. The number of esters is 1. The van der Waals surface area contributed by atoms with Crippen LogP contribution in [-0.4, -0.2) is 37.1 Å². The zero-order chi connectivity index (χ0) is 19.8. The van der Waals surface area contributed by atoms with Gasteiger partial charge in [-0.05, 0) is 44.2 Å². The van der Waals surface area contributed by atoms with Gasteiger partial charge in [-0.3, -0.25) is 14.5 Å². The molecule has 6 heteroatoms. The van der Waals surface area contributed by atoms with Gasteiger partial charge in [-0.2, -0.15) is 0 Å². The van der Waals surface area contributed by atoms with E-state index in [1.165, 1.54) is 4.90 Å². The van der Waals surface area contributed by atoms with Crippen LogP contribution in [0.2, 0.25) is 0 Å². The number of rotatable bonds is 5. The molecule has 1 aliphatic carbocycles. The number of amides is 1. The van der Waals surface area contributed by atoms with Crippen molar-refractivity contribution in [1.29, 1.82) is 0 Å². The van der Waals surface area contributed by atoms with Crippen molar-refractivity contribution < 1.29 is 19.1 Å². The molecule has 0 saturated heterocycles. The van der Waals surface area contributed by atoms with Gasteiger partial charge < -0.3 is 9.47 Å². The predicted molar refractivity (Wildman–Crippen MR) is 106 cm³/mol. The maximum absolute atomic E-state index is 13.3. The summed E-state index contributed by atoms with van der Waals surface area (Å²) in [5, 5.41) is 0. The van der Waals surface area contributed by atoms with E-state index in [-0.39, 0.29) is 19.1 Å². The molecule has 1 unspecified atom stereocenters. The average molecular weight is 380 g/mol. The maximum Gasteiger partial charge on any atom is 0.326 e. The summed E-state index contributed by atoms with van der Waals surface area (Å²) in [5.74, 6) is 0.0317. The predicted octanol–water partition coefficient (Wildman–Crippen LogP) is 3.65. The lowest BCUT2D eigenvalue weighted by Gasteiger charge is -2.24. The van der Waals surface area contributed by atoms with E-state index in [1.807, 2.05) is 37.3 Å². The number of carbonyl (C=O) groups is 2. The molecule has 2 aromatic rings. The fourth-order valence-corrected chi connectivity index (χ4v) is 3.83. The number of anilines is 1. The lowest BCUT2D eigenvalue weighted by molar-refractivity contribution is -0.142. The van der Waals surface area contributed by atoms with Crippen molar-refractivity contribution in [2.75, 3.05) is 25.2 Å². The Bertz CT molecular complexity index is 936. The summed E-state index contributed by atoms with van der Waals surface area (Å²) in [6.45, 7) is 3.77. The fourth-order valence-electron chi connectivity index (χ4n) is 3.83. The summed E-state index contributed by atoms with van der Waals surface area (Å²) in [5.41, 5.74) is 4.10. The van der Waals surface area contributed by atoms with E-state index in [4.69, 9.17) is 14.5 Å². The summed E-state index contributed by atoms with van der Waals surface area (Å²) in [6.07, 6.45) is 2.16. The van der Waals surface area contributed by atoms with Crippen molar-refractivity contribution in [1.82, 2.24) is 4.98 Å². The van der Waals surface area contributed by atoms with E-state index in [9.17, 15) is 9.59 Å². The minimum absolute atomic E-state index is 0.129. The molecule has 1 aliphatic heterocycles. The zero-order valence-corrected chi connectivity index (χ0v) is 16.4. The Hall–Kier alpha value is -2.89. The Morgan fingerprint density at radius 3 is 2.68 bits per heavy atom. The second-order valence-electron chi connectivity index (χ2n) is 7.27. The van der Waals surface area contributed by atoms with E-state index in [0.29, 0.717) is 23.2 Å². The van der Waals surface area contributed by atoms with Crippen LogP contribution in [0.3, 0.4) is 0 Å². The molecule has 1 aromatic carbocycles. The Morgan fingerprint density at radius 2 is 2.00 bits per heavy atom. The number of carbonyl (C=O) groups excluding carboxylic acids is 2. The Kier molecular flexibility index (Phi) is 4.79. The average Bonchev–Trinajstić information content (AvgIpc) is 3.55. The monoisotopic (exact) mass is 380 g/mol. The third-order valence-electron chi connectivity index (χ3n) is 5.41. The number of ether oxygens (including phenoxy) is 2. The van der Waals surface area contributed by atoms with Crippen LogP contribution in [0.4, 0.5) is 5.69 Å². The Morgan fingerprint density at radius 1 is 1.25 bits per heavy atom. The lowest BCUT2D eigenvalue weighted by atomic mass is 9.94. The van der Waals surface area contributed by atoms with Crippen LogP contribution >= 0.6 is 0 Å². The highest BCUT2D eigenvalue weighted by Gasteiger charge is 2.36. The van der Waals surface area contributed by atoms with Crippen LogP contribution in [0.5, 0.6) is 5.88 Å². The number of methoxy groups -OCH3 is 1. The molecule has 1 atom stereocenters. The van der Waals surface area contributed by atoms with Gasteiger partial charge in [0.2, 0.25) is 11.8 Å². The topological polar surface area (TPSA) is 68.7 Å². The molecule has 146 valence electrons. The lowest BCUT2D eigenvalue weighted by Crippen LogP contribution is -2.38. The van der Waals surface area contributed by atoms with Crippen molar-refractivity contribution in [3.05, 3.63) is 41.5 Å². The minimum atomic E-state index is -0.427. The number of hydrogen-bond acceptors (Lipinski definition) is 5. The third kappa shape index (κ3) is 3.13. The van der Waals surface area contributed by atoms with Gasteiger partial charge in [-0.25, -0.2) is 4.98 Å². The molecule has 1 fully saturated rings. The van der Waals surface area contributed by atoms with Gasteiger partial charge in [-0.1, -0.05) is 24.3 Å². The minimum Gasteiger partial charge on any atom is -0.481 e. The number of nitrogens with zero attached hydrogens (tertiary/aromatic N) is 2. The largest absolute Gasteiger partial charge is 0.481 e. The van der Waals surface area contributed by atoms with E-state index in [0.717, 1.165) is 29.5 Å². The van der Waals surface area contributed by atoms with Gasteiger partial charge in [0, 0.05) is 11.1 Å². The van der Waals surface area contributed by atoms with Gasteiger partial charge in [0.25, 0.3) is 0 Å². The smallest absolute Gasteiger partial charge is 0.326 e. The first-order valence-corrected chi connectivity index (χ1v) is 9.70. The molecule has 28 heavy (non-hydrogen) atoms. The highest BCUT2D eigenvalue weighted by Crippen LogP contribution is 2.48. The van der Waals surface area contributed by atoms with E-state index < -0.39 is 11.9 Å². The summed E-state index contributed by atoms with van der Waals surface area (Å²) in [4.78, 5) is 31.9. The molecular formula is C22H24N2O4. The van der Waals surface area contributed by atoms with Gasteiger partial charge >= 0.3 is 5.97 Å². The van der Waals surface area contributed by atoms with Crippen molar-refractivity contribution >= 4 is 17.6 Å². The van der Waals surface area contributed by atoms with Gasteiger partial charge in [0.1, 0.15) is 6.54 Å². The van der Waals surface area contributed by atoms with E-state index in [1.54, 1.807) is 14.0 Å². The highest BCUT2D eigenvalue weighted by molar-refractivity contribution is 6.06. The summed E-state index contributed by atoms with van der Waals surface area (Å²) in [6, 6.07) is 9.74. The summed E-state index contributed by atoms with van der Waals surface area (Å²) in [7, 11) is 1.62. The van der Waals surface area contributed by atoms with Crippen LogP contribution < -0.4 is 9.64 Å². The number of hydrogen-bond donors (Lipinski definition) is 0. The van der Waals surface area contributed by atoms with Crippen LogP contribution in [0, 0.1) is 0 Å². The Balaban J connectivity index is 1.92. The molecule has 4 rings (SSSR count). The molecule has 1 aromatic heterocycles. The molecule has 0 spiro atoms. The van der Waals surface area contributed by atoms with E-state index >= 15 is 0 Å². The van der Waals surface area contributed by atoms with Gasteiger partial charge in [0.15, 0.2) is 0 Å². The van der Waals surface area contributed by atoms with Crippen LogP contribution in [0.1, 0.15) is 49.7 Å². The second-order valence-corrected chi connectivity index (χ2v) is 7.27. The molecule has 6 nitrogen and oxygen atoms in total. The number of pyridine rings is 1. The molecule has 0 N–H and O–H groups in total. The molecule has 0 bridgehead atoms. The number of aromatic nitrogens is 1. The fraction of sp³-hybridized carbons (Fsp3) is 0.409. The normalized spacial score (nSPS) is 18.2. The third-order valence-corrected chi connectivity index (χ3v) is 5.41. The summed E-state index contributed by atoms with van der Waals surface area (Å²) >= 11 is 0. The highest BCUT2D eigenvalue weighted by atomic mass is 16.5. The SMILES string of the molecule is CCOC(=O)CN1C(=O)C(C)c2ccccc2-c2nc(OC)c(C3CC3)cc21. The molecule has 1 saturated carbocycles. The molecule has 1 amide bonds. The number of fused-ring (bicyclic) bond motifs is 3. The first-order chi connectivity index (χ1) is 13.5. The van der Waals surface area contributed by atoms with Crippen molar-refractivity contribution in [3.8, 4) is 17.1 Å². The standard InChI is InChI=1S/C22H24N2O4/c1-4-28-19(25)12-24-18-11-17(14-9-10-14)21(27-3)23-20(18)16-8-6-5-7-15(16)13(2)22(24)26/h5-8,11,13-14H,4,9-10,12H2,1-3H3. The van der Waals surface area contributed by atoms with Crippen molar-refractivity contribution in [2.24, 2.45) is 0 Å². The number of benzene rings is 1. The van der Waals surface area contributed by atoms with Gasteiger partial charge in [0.05, 0.1) is 31.0 Å². The van der Waals surface area contributed by atoms with Crippen molar-refractivity contribution in [3.63, 3.8) is 0 Å². The van der Waals surface area contributed by atoms with Crippen LogP contribution in [0.25, 0.3) is 11.3 Å². The van der Waals surface area contributed by atoms with Crippen LogP contribution in [0.15, 0.2) is 30.3 Å². The van der Waals surface area contributed by atoms with Gasteiger partial charge in [-0.15, -0.1) is 0 Å². The molecular weight excluding hydrogens is 356 g/mol. The molecule has 0 radical (unpaired) electrons. The first-order valence-electron chi connectivity index (χ1n) is 9.70. The van der Waals surface area contributed by atoms with Crippen molar-refractivity contribution in [2.45, 2.75) is 38.5 Å². The van der Waals surface area contributed by atoms with E-state index in [2.05, 4.69) is 0 Å². The summed E-state index contributed by atoms with van der Waals surface area (Å²) < 4.78 is 10.7. The van der Waals surface area contributed by atoms with Crippen LogP contribution in [-0.2, 0) is 14.3 Å². The molecule has 2 aliphatic rings. The quantitative estimate of drug-likeness (QED) is 0.741. The second kappa shape index (κ2) is 7.26. The first kappa shape index (κ1) is 18.5. The molecule has 2 heterocycles. The zero-order valence-electron chi connectivity index (χ0n) is 16.4. The Labute approximate surface area is 164 Å².